The van der Waals surface area contributed by atoms with Crippen molar-refractivity contribution in [2.24, 2.45) is 5.41 Å². The summed E-state index contributed by atoms with van der Waals surface area (Å²) >= 11 is 0. The number of rotatable bonds is 5. The van der Waals surface area contributed by atoms with Crippen LogP contribution in [0.3, 0.4) is 0 Å². The van der Waals surface area contributed by atoms with Crippen LogP contribution in [-0.2, 0) is 0 Å². The molecule has 1 heteroatoms. The van der Waals surface area contributed by atoms with Gasteiger partial charge in [0.05, 0.1) is 0 Å². The summed E-state index contributed by atoms with van der Waals surface area (Å²) in [6, 6.07) is 0.685. The second kappa shape index (κ2) is 5.58. The van der Waals surface area contributed by atoms with Crippen molar-refractivity contribution in [3.63, 3.8) is 0 Å². The van der Waals surface area contributed by atoms with Gasteiger partial charge in [0.15, 0.2) is 0 Å². The van der Waals surface area contributed by atoms with Crippen molar-refractivity contribution in [3.05, 3.63) is 0 Å². The normalized spacial score (nSPS) is 14.8. The monoisotopic (exact) mass is 171 g/mol. The fourth-order valence-electron chi connectivity index (χ4n) is 1.25. The van der Waals surface area contributed by atoms with E-state index in [0.29, 0.717) is 11.5 Å². The van der Waals surface area contributed by atoms with Crippen LogP contribution in [-0.4, -0.2) is 13.1 Å². The Kier molecular flexibility index (Phi) is 5.56. The lowest BCUT2D eigenvalue weighted by atomic mass is 9.89. The van der Waals surface area contributed by atoms with Crippen LogP contribution < -0.4 is 5.32 Å². The maximum absolute atomic E-state index is 3.26. The zero-order chi connectivity index (χ0) is 9.61. The van der Waals surface area contributed by atoms with E-state index in [1.54, 1.807) is 0 Å². The van der Waals surface area contributed by atoms with E-state index in [1.807, 2.05) is 7.05 Å². The Morgan fingerprint density at radius 2 is 1.75 bits per heavy atom. The molecular formula is C11H25N. The zero-order valence-corrected chi connectivity index (χ0v) is 9.41. The molecule has 74 valence electrons. The van der Waals surface area contributed by atoms with Gasteiger partial charge < -0.3 is 5.32 Å². The zero-order valence-electron chi connectivity index (χ0n) is 9.41. The first-order valence-corrected chi connectivity index (χ1v) is 5.13. The molecule has 0 saturated heterocycles. The summed E-state index contributed by atoms with van der Waals surface area (Å²) in [4.78, 5) is 0. The lowest BCUT2D eigenvalue weighted by molar-refractivity contribution is 0.353. The van der Waals surface area contributed by atoms with E-state index in [4.69, 9.17) is 0 Å². The van der Waals surface area contributed by atoms with Crippen LogP contribution in [0.25, 0.3) is 0 Å². The van der Waals surface area contributed by atoms with Crippen LogP contribution in [0.1, 0.15) is 53.4 Å². The van der Waals surface area contributed by atoms with Crippen LogP contribution in [0.15, 0.2) is 0 Å². The molecule has 0 aromatic rings. The van der Waals surface area contributed by atoms with Gasteiger partial charge in [-0.1, -0.05) is 33.6 Å². The molecule has 0 rings (SSSR count). The first kappa shape index (κ1) is 12.0. The molecule has 0 aromatic heterocycles. The largest absolute Gasteiger partial charge is 0.317 e. The SMILES string of the molecule is CNC(C)CCCCC(C)(C)C. The fourth-order valence-corrected chi connectivity index (χ4v) is 1.25. The molecule has 0 bridgehead atoms. The number of hydrogen-bond donors (Lipinski definition) is 1. The van der Waals surface area contributed by atoms with Crippen molar-refractivity contribution in [2.45, 2.75) is 59.4 Å². The molecule has 1 atom stereocenters. The van der Waals surface area contributed by atoms with E-state index in [-0.39, 0.29) is 0 Å². The molecule has 0 aliphatic carbocycles. The third-order valence-electron chi connectivity index (χ3n) is 2.31. The number of nitrogens with one attached hydrogen (secondary N) is 1. The summed E-state index contributed by atoms with van der Waals surface area (Å²) < 4.78 is 0. The lowest BCUT2D eigenvalue weighted by Crippen LogP contribution is -2.20. The topological polar surface area (TPSA) is 12.0 Å². The Balaban J connectivity index is 3.22. The van der Waals surface area contributed by atoms with Crippen molar-refractivity contribution in [2.75, 3.05) is 7.05 Å². The van der Waals surface area contributed by atoms with Crippen LogP contribution in [0.2, 0.25) is 0 Å². The maximum atomic E-state index is 3.26. The van der Waals surface area contributed by atoms with E-state index >= 15 is 0 Å². The molecule has 0 saturated carbocycles. The fraction of sp³-hybridized carbons (Fsp3) is 1.00. The van der Waals surface area contributed by atoms with Crippen molar-refractivity contribution in [3.8, 4) is 0 Å². The molecule has 0 aliphatic rings. The summed E-state index contributed by atoms with van der Waals surface area (Å²) in [5.74, 6) is 0. The second-order valence-electron chi connectivity index (χ2n) is 5.00. The van der Waals surface area contributed by atoms with E-state index in [0.717, 1.165) is 0 Å². The summed E-state index contributed by atoms with van der Waals surface area (Å²) in [5.41, 5.74) is 0.517. The smallest absolute Gasteiger partial charge is 0.00357 e. The molecule has 0 radical (unpaired) electrons. The van der Waals surface area contributed by atoms with Gasteiger partial charge in [-0.15, -0.1) is 0 Å². The minimum Gasteiger partial charge on any atom is -0.317 e. The van der Waals surface area contributed by atoms with E-state index < -0.39 is 0 Å². The van der Waals surface area contributed by atoms with Crippen molar-refractivity contribution in [1.29, 1.82) is 0 Å². The van der Waals surface area contributed by atoms with Crippen LogP contribution in [0, 0.1) is 5.41 Å². The quantitative estimate of drug-likeness (QED) is 0.626. The summed E-state index contributed by atoms with van der Waals surface area (Å²) in [6.45, 7) is 9.19. The summed E-state index contributed by atoms with van der Waals surface area (Å²) in [5, 5.41) is 3.26. The molecule has 12 heavy (non-hydrogen) atoms. The van der Waals surface area contributed by atoms with Gasteiger partial charge in [-0.2, -0.15) is 0 Å². The molecule has 0 spiro atoms. The van der Waals surface area contributed by atoms with Gasteiger partial charge in [-0.3, -0.25) is 0 Å². The summed E-state index contributed by atoms with van der Waals surface area (Å²) in [7, 11) is 2.04. The molecule has 0 aromatic carbocycles. The average Bonchev–Trinajstić information content (AvgIpc) is 1.96. The Hall–Kier alpha value is -0.0400. The third kappa shape index (κ3) is 8.06. The highest BCUT2D eigenvalue weighted by Crippen LogP contribution is 2.22. The third-order valence-corrected chi connectivity index (χ3v) is 2.31. The Morgan fingerprint density at radius 3 is 2.17 bits per heavy atom. The van der Waals surface area contributed by atoms with E-state index in [1.165, 1.54) is 25.7 Å². The lowest BCUT2D eigenvalue weighted by Gasteiger charge is -2.18. The van der Waals surface area contributed by atoms with Gasteiger partial charge >= 0.3 is 0 Å². The Bertz CT molecular complexity index is 102. The molecule has 1 N–H and O–H groups in total. The van der Waals surface area contributed by atoms with Crippen molar-refractivity contribution in [1.82, 2.24) is 5.32 Å². The first-order chi connectivity index (χ1) is 5.45. The molecule has 0 heterocycles. The Labute approximate surface area is 77.9 Å². The second-order valence-corrected chi connectivity index (χ2v) is 5.00. The molecule has 1 nitrogen and oxygen atoms in total. The highest BCUT2D eigenvalue weighted by Gasteiger charge is 2.09. The Morgan fingerprint density at radius 1 is 1.17 bits per heavy atom. The standard InChI is InChI=1S/C11H25N/c1-10(12-5)8-6-7-9-11(2,3)4/h10,12H,6-9H2,1-5H3. The van der Waals surface area contributed by atoms with Gasteiger partial charge in [0.2, 0.25) is 0 Å². The van der Waals surface area contributed by atoms with Gasteiger partial charge in [0.25, 0.3) is 0 Å². The molecule has 0 aliphatic heterocycles. The van der Waals surface area contributed by atoms with Crippen molar-refractivity contribution >= 4 is 0 Å². The predicted octanol–water partition coefficient (Wildman–Crippen LogP) is 3.20. The first-order valence-electron chi connectivity index (χ1n) is 5.13. The summed E-state index contributed by atoms with van der Waals surface area (Å²) in [6.07, 6.45) is 5.39. The molecule has 0 amide bonds. The van der Waals surface area contributed by atoms with E-state index in [2.05, 4.69) is 33.0 Å². The van der Waals surface area contributed by atoms with Gasteiger partial charge in [0, 0.05) is 6.04 Å². The van der Waals surface area contributed by atoms with E-state index in [9.17, 15) is 0 Å². The molecule has 0 fully saturated rings. The minimum absolute atomic E-state index is 0.517. The highest BCUT2D eigenvalue weighted by molar-refractivity contribution is 4.63. The van der Waals surface area contributed by atoms with Crippen LogP contribution in [0.5, 0.6) is 0 Å². The van der Waals surface area contributed by atoms with Crippen molar-refractivity contribution < 1.29 is 0 Å². The van der Waals surface area contributed by atoms with Gasteiger partial charge in [0.1, 0.15) is 0 Å². The molecular weight excluding hydrogens is 146 g/mol. The van der Waals surface area contributed by atoms with Crippen LogP contribution >= 0.6 is 0 Å². The number of hydrogen-bond acceptors (Lipinski definition) is 1. The highest BCUT2D eigenvalue weighted by atomic mass is 14.8. The van der Waals surface area contributed by atoms with Gasteiger partial charge in [-0.25, -0.2) is 0 Å². The minimum atomic E-state index is 0.517. The molecule has 1 unspecified atom stereocenters. The number of unbranched alkanes of at least 4 members (excludes halogenated alkanes) is 1. The predicted molar refractivity (Wildman–Crippen MR) is 56.4 cm³/mol. The average molecular weight is 171 g/mol. The maximum Gasteiger partial charge on any atom is 0.00357 e. The van der Waals surface area contributed by atoms with Gasteiger partial charge in [-0.05, 0) is 32.2 Å². The van der Waals surface area contributed by atoms with Crippen LogP contribution in [0.4, 0.5) is 0 Å².